The number of para-hydroxylation sites is 1. The topological polar surface area (TPSA) is 32.3 Å². The lowest BCUT2D eigenvalue weighted by Gasteiger charge is -2.23. The Labute approximate surface area is 162 Å². The van der Waals surface area contributed by atoms with Crippen LogP contribution in [0.25, 0.3) is 0 Å². The molecule has 0 bridgehead atoms. The van der Waals surface area contributed by atoms with E-state index in [4.69, 9.17) is 0 Å². The molecule has 2 amide bonds. The van der Waals surface area contributed by atoms with Crippen molar-refractivity contribution < 1.29 is 4.79 Å². The second-order valence-corrected chi connectivity index (χ2v) is 6.83. The van der Waals surface area contributed by atoms with Crippen LogP contribution >= 0.6 is 15.9 Å². The monoisotopic (exact) mass is 408 g/mol. The molecule has 3 nitrogen and oxygen atoms in total. The fourth-order valence-corrected chi connectivity index (χ4v) is 3.24. The van der Waals surface area contributed by atoms with Crippen LogP contribution in [0.5, 0.6) is 0 Å². The number of rotatable bonds is 6. The summed E-state index contributed by atoms with van der Waals surface area (Å²) in [5, 5.41) is 3.04. The Hall–Kier alpha value is -2.59. The number of carbonyl (C=O) groups excluding carboxylic acids is 1. The molecule has 0 fully saturated rings. The van der Waals surface area contributed by atoms with E-state index < -0.39 is 0 Å². The number of amides is 2. The number of nitrogens with zero attached hydrogens (tertiary/aromatic N) is 1. The molecule has 1 N–H and O–H groups in total. The molecule has 0 saturated carbocycles. The average molecular weight is 409 g/mol. The number of anilines is 1. The van der Waals surface area contributed by atoms with Gasteiger partial charge in [-0.3, -0.25) is 4.90 Å². The molecule has 3 rings (SSSR count). The molecule has 0 atom stereocenters. The lowest BCUT2D eigenvalue weighted by molar-refractivity contribution is 0.246. The van der Waals surface area contributed by atoms with E-state index in [0.29, 0.717) is 13.1 Å². The van der Waals surface area contributed by atoms with Crippen molar-refractivity contribution in [2.45, 2.75) is 13.0 Å². The van der Waals surface area contributed by atoms with E-state index in [1.165, 1.54) is 5.56 Å². The minimum atomic E-state index is -0.0906. The van der Waals surface area contributed by atoms with Crippen LogP contribution in [0.1, 0.15) is 11.1 Å². The van der Waals surface area contributed by atoms with E-state index in [1.807, 2.05) is 78.9 Å². The smallest absolute Gasteiger partial charge is 0.322 e. The van der Waals surface area contributed by atoms with Gasteiger partial charge in [-0.05, 0) is 35.7 Å². The minimum absolute atomic E-state index is 0.0906. The van der Waals surface area contributed by atoms with Crippen LogP contribution in [0.2, 0.25) is 0 Å². The number of nitrogens with one attached hydrogen (secondary N) is 1. The summed E-state index contributed by atoms with van der Waals surface area (Å²) in [4.78, 5) is 14.6. The summed E-state index contributed by atoms with van der Waals surface area (Å²) in [6, 6.07) is 27.8. The highest BCUT2D eigenvalue weighted by molar-refractivity contribution is 9.10. The molecule has 3 aromatic rings. The summed E-state index contributed by atoms with van der Waals surface area (Å²) in [6.07, 6.45) is 0.779. The molecule has 4 heteroatoms. The van der Waals surface area contributed by atoms with Gasteiger partial charge in [-0.25, -0.2) is 4.79 Å². The maximum atomic E-state index is 12.8. The van der Waals surface area contributed by atoms with Crippen LogP contribution in [-0.4, -0.2) is 12.6 Å². The highest BCUT2D eigenvalue weighted by Gasteiger charge is 2.15. The molecular formula is C22H21BrN2O. The van der Waals surface area contributed by atoms with Gasteiger partial charge in [-0.15, -0.1) is 0 Å². The van der Waals surface area contributed by atoms with Crippen molar-refractivity contribution in [1.29, 1.82) is 0 Å². The van der Waals surface area contributed by atoms with Gasteiger partial charge in [0.1, 0.15) is 0 Å². The Morgan fingerprint density at radius 1 is 0.846 bits per heavy atom. The van der Waals surface area contributed by atoms with Crippen LogP contribution in [-0.2, 0) is 13.0 Å². The fourth-order valence-electron chi connectivity index (χ4n) is 2.75. The first-order valence-corrected chi connectivity index (χ1v) is 9.41. The van der Waals surface area contributed by atoms with Crippen molar-refractivity contribution in [2.75, 3.05) is 11.4 Å². The molecule has 0 aliphatic carbocycles. The predicted molar refractivity (Wildman–Crippen MR) is 110 cm³/mol. The summed E-state index contributed by atoms with van der Waals surface area (Å²) in [5.74, 6) is 0. The second-order valence-electron chi connectivity index (χ2n) is 5.98. The molecule has 0 aromatic heterocycles. The van der Waals surface area contributed by atoms with Gasteiger partial charge < -0.3 is 5.32 Å². The number of hydrogen-bond donors (Lipinski definition) is 1. The Balaban J connectivity index is 1.68. The first kappa shape index (κ1) is 18.2. The molecule has 0 unspecified atom stereocenters. The number of benzene rings is 3. The summed E-state index contributed by atoms with van der Waals surface area (Å²) in [5.41, 5.74) is 3.16. The normalized spacial score (nSPS) is 10.3. The van der Waals surface area contributed by atoms with Gasteiger partial charge in [-0.2, -0.15) is 0 Å². The van der Waals surface area contributed by atoms with Crippen LogP contribution in [0.15, 0.2) is 89.4 Å². The van der Waals surface area contributed by atoms with E-state index in [1.54, 1.807) is 4.90 Å². The van der Waals surface area contributed by atoms with Crippen molar-refractivity contribution in [3.8, 4) is 0 Å². The van der Waals surface area contributed by atoms with Crippen molar-refractivity contribution in [3.63, 3.8) is 0 Å². The third-order valence-corrected chi connectivity index (χ3v) is 4.90. The van der Waals surface area contributed by atoms with Gasteiger partial charge >= 0.3 is 6.03 Å². The van der Waals surface area contributed by atoms with E-state index >= 15 is 0 Å². The molecule has 3 aromatic carbocycles. The molecule has 0 saturated heterocycles. The maximum absolute atomic E-state index is 12.8. The molecule has 0 aliphatic heterocycles. The van der Waals surface area contributed by atoms with Gasteiger partial charge in [0.25, 0.3) is 0 Å². The fraction of sp³-hybridized carbons (Fsp3) is 0.136. The highest BCUT2D eigenvalue weighted by Crippen LogP contribution is 2.18. The molecule has 132 valence electrons. The average Bonchev–Trinajstić information content (AvgIpc) is 2.69. The SMILES string of the molecule is O=C(NCCc1ccccc1Br)N(Cc1ccccc1)c1ccccc1. The van der Waals surface area contributed by atoms with Crippen LogP contribution in [0, 0.1) is 0 Å². The summed E-state index contributed by atoms with van der Waals surface area (Å²) >= 11 is 3.55. The first-order valence-electron chi connectivity index (χ1n) is 8.62. The van der Waals surface area contributed by atoms with Gasteiger partial charge in [0.15, 0.2) is 0 Å². The third-order valence-electron chi connectivity index (χ3n) is 4.12. The molecule has 0 aliphatic rings. The maximum Gasteiger partial charge on any atom is 0.322 e. The molecule has 0 radical (unpaired) electrons. The second kappa shape index (κ2) is 9.20. The van der Waals surface area contributed by atoms with Crippen molar-refractivity contribution in [1.82, 2.24) is 5.32 Å². The zero-order valence-corrected chi connectivity index (χ0v) is 16.0. The Bertz CT molecular complexity index is 837. The minimum Gasteiger partial charge on any atom is -0.337 e. The summed E-state index contributed by atoms with van der Waals surface area (Å²) < 4.78 is 1.07. The predicted octanol–water partition coefficient (Wildman–Crippen LogP) is 5.41. The Morgan fingerprint density at radius 3 is 2.15 bits per heavy atom. The first-order chi connectivity index (χ1) is 12.7. The number of urea groups is 1. The number of hydrogen-bond acceptors (Lipinski definition) is 1. The third kappa shape index (κ3) is 4.96. The van der Waals surface area contributed by atoms with Crippen molar-refractivity contribution >= 4 is 27.6 Å². The van der Waals surface area contributed by atoms with Gasteiger partial charge in [0.2, 0.25) is 0 Å². The van der Waals surface area contributed by atoms with Crippen LogP contribution < -0.4 is 10.2 Å². The Morgan fingerprint density at radius 2 is 1.46 bits per heavy atom. The molecule has 26 heavy (non-hydrogen) atoms. The standard InChI is InChI=1S/C22H21BrN2O/c23-21-14-8-7-11-19(21)15-16-24-22(26)25(20-12-5-2-6-13-20)17-18-9-3-1-4-10-18/h1-14H,15-17H2,(H,24,26). The number of carbonyl (C=O) groups is 1. The highest BCUT2D eigenvalue weighted by atomic mass is 79.9. The van der Waals surface area contributed by atoms with Crippen LogP contribution in [0.4, 0.5) is 10.5 Å². The van der Waals surface area contributed by atoms with E-state index in [0.717, 1.165) is 22.1 Å². The molecule has 0 heterocycles. The number of halogens is 1. The summed E-state index contributed by atoms with van der Waals surface area (Å²) in [7, 11) is 0. The van der Waals surface area contributed by atoms with E-state index in [-0.39, 0.29) is 6.03 Å². The largest absolute Gasteiger partial charge is 0.337 e. The van der Waals surface area contributed by atoms with E-state index in [9.17, 15) is 4.79 Å². The Kier molecular flexibility index (Phi) is 6.45. The zero-order chi connectivity index (χ0) is 18.2. The van der Waals surface area contributed by atoms with Crippen LogP contribution in [0.3, 0.4) is 0 Å². The lowest BCUT2D eigenvalue weighted by Crippen LogP contribution is -2.40. The van der Waals surface area contributed by atoms with Crippen molar-refractivity contribution in [2.24, 2.45) is 0 Å². The lowest BCUT2D eigenvalue weighted by atomic mass is 10.1. The zero-order valence-electron chi connectivity index (χ0n) is 14.4. The van der Waals surface area contributed by atoms with E-state index in [2.05, 4.69) is 27.3 Å². The molecular weight excluding hydrogens is 388 g/mol. The quantitative estimate of drug-likeness (QED) is 0.580. The van der Waals surface area contributed by atoms with Gasteiger partial charge in [0, 0.05) is 16.7 Å². The van der Waals surface area contributed by atoms with Crippen molar-refractivity contribution in [3.05, 3.63) is 101 Å². The molecule has 0 spiro atoms. The summed E-state index contributed by atoms with van der Waals surface area (Å²) in [6.45, 7) is 1.12. The van der Waals surface area contributed by atoms with Gasteiger partial charge in [0.05, 0.1) is 6.54 Å². The van der Waals surface area contributed by atoms with Gasteiger partial charge in [-0.1, -0.05) is 82.7 Å².